The van der Waals surface area contributed by atoms with E-state index in [1.54, 1.807) is 62.8 Å². The molecule has 2 saturated heterocycles. The Bertz CT molecular complexity index is 1390. The lowest BCUT2D eigenvalue weighted by Crippen LogP contribution is -2.31. The van der Waals surface area contributed by atoms with Crippen LogP contribution >= 0.6 is 48.0 Å². The first-order valence-electron chi connectivity index (χ1n) is 14.9. The maximum Gasteiger partial charge on any atom is 0.267 e. The predicted molar refractivity (Wildman–Crippen MR) is 191 cm³/mol. The van der Waals surface area contributed by atoms with Gasteiger partial charge in [0.15, 0.2) is 0 Å². The smallest absolute Gasteiger partial charge is 0.267 e. The number of hydrogen-bond donors (Lipinski definition) is 2. The highest BCUT2D eigenvalue weighted by molar-refractivity contribution is 8.29. The number of nitrogens with one attached hydrogen (secondary N) is 2. The first-order valence-corrected chi connectivity index (χ1v) is 17.3. The Hall–Kier alpha value is -3.46. The van der Waals surface area contributed by atoms with E-state index in [-0.39, 0.29) is 23.6 Å². The van der Waals surface area contributed by atoms with Gasteiger partial charge in [0.25, 0.3) is 11.8 Å². The lowest BCUT2D eigenvalue weighted by Gasteiger charge is -2.14. The molecular weight excluding hydrogens is 665 g/mol. The fourth-order valence-electron chi connectivity index (χ4n) is 4.72. The van der Waals surface area contributed by atoms with Gasteiger partial charge in [0.05, 0.1) is 24.0 Å². The highest BCUT2D eigenvalue weighted by Crippen LogP contribution is 2.42. The molecule has 0 aromatic heterocycles. The van der Waals surface area contributed by atoms with Crippen molar-refractivity contribution in [3.63, 3.8) is 0 Å². The van der Waals surface area contributed by atoms with Crippen molar-refractivity contribution in [2.75, 3.05) is 37.9 Å². The standard InChI is InChI=1S/C32H36N4O6S4/c1-41-23-15-11-21(12-16-23)33-25(37)9-5-3-7-19-35-29(39)27(45-31(35)43)28-30(40)36(32(44)46-28)20-8-4-6-10-26(38)34-22-13-17-24(42-2)18-14-22/h11-18H,3-10,19-20H2,1-2H3,(H,33,37)(H,34,38). The topological polar surface area (TPSA) is 117 Å². The normalized spacial score (nSPS) is 16.3. The molecule has 4 amide bonds. The van der Waals surface area contributed by atoms with Crippen molar-refractivity contribution in [3.05, 3.63) is 58.3 Å². The maximum atomic E-state index is 13.2. The van der Waals surface area contributed by atoms with Crippen molar-refractivity contribution in [2.24, 2.45) is 0 Å². The number of unbranched alkanes of at least 4 members (excludes halogenated alkanes) is 4. The molecule has 14 heteroatoms. The monoisotopic (exact) mass is 700 g/mol. The molecular formula is C32H36N4O6S4. The molecule has 2 N–H and O–H groups in total. The third kappa shape index (κ3) is 9.77. The zero-order valence-corrected chi connectivity index (χ0v) is 28.9. The number of ether oxygens (including phenoxy) is 2. The third-order valence-corrected chi connectivity index (χ3v) is 10.2. The molecule has 2 heterocycles. The second kappa shape index (κ2) is 17.5. The number of thioether (sulfide) groups is 2. The number of carbonyl (C=O) groups is 4. The SMILES string of the molecule is COc1ccc(NC(=O)CCCCCN2C(=O)C(=C3SC(=S)N(CCCCCC(=O)Nc4ccc(OC)cc4)C3=O)SC2=S)cc1. The molecule has 0 atom stereocenters. The summed E-state index contributed by atoms with van der Waals surface area (Å²) < 4.78 is 11.1. The van der Waals surface area contributed by atoms with Gasteiger partial charge >= 0.3 is 0 Å². The zero-order chi connectivity index (χ0) is 33.1. The van der Waals surface area contributed by atoms with Gasteiger partial charge in [-0.2, -0.15) is 0 Å². The first kappa shape index (κ1) is 35.4. The van der Waals surface area contributed by atoms with Gasteiger partial charge in [-0.25, -0.2) is 0 Å². The summed E-state index contributed by atoms with van der Waals surface area (Å²) in [5, 5.41) is 5.73. The van der Waals surface area contributed by atoms with Crippen LogP contribution in [0.1, 0.15) is 51.4 Å². The van der Waals surface area contributed by atoms with Crippen LogP contribution in [0.2, 0.25) is 0 Å². The molecule has 0 bridgehead atoms. The van der Waals surface area contributed by atoms with Crippen LogP contribution in [0, 0.1) is 0 Å². The molecule has 0 saturated carbocycles. The molecule has 0 unspecified atom stereocenters. The number of hydrogen-bond acceptors (Lipinski definition) is 10. The highest BCUT2D eigenvalue weighted by atomic mass is 32.2. The minimum atomic E-state index is -0.282. The molecule has 0 aliphatic carbocycles. The summed E-state index contributed by atoms with van der Waals surface area (Å²) in [6.07, 6.45) is 4.91. The summed E-state index contributed by atoms with van der Waals surface area (Å²) in [5.41, 5.74) is 1.42. The molecule has 0 radical (unpaired) electrons. The van der Waals surface area contributed by atoms with Crippen LogP contribution in [-0.2, 0) is 19.2 Å². The molecule has 10 nitrogen and oxygen atoms in total. The van der Waals surface area contributed by atoms with E-state index in [0.29, 0.717) is 81.4 Å². The van der Waals surface area contributed by atoms with Crippen LogP contribution in [-0.4, -0.2) is 69.4 Å². The Kier molecular flexibility index (Phi) is 13.4. The van der Waals surface area contributed by atoms with Crippen molar-refractivity contribution in [3.8, 4) is 11.5 Å². The van der Waals surface area contributed by atoms with E-state index >= 15 is 0 Å². The van der Waals surface area contributed by atoms with Crippen LogP contribution in [0.15, 0.2) is 58.3 Å². The van der Waals surface area contributed by atoms with Crippen LogP contribution < -0.4 is 20.1 Å². The van der Waals surface area contributed by atoms with Crippen LogP contribution in [0.4, 0.5) is 11.4 Å². The molecule has 2 aliphatic heterocycles. The molecule has 2 aromatic rings. The highest BCUT2D eigenvalue weighted by Gasteiger charge is 2.41. The average Bonchev–Trinajstić information content (AvgIpc) is 3.49. The first-order chi connectivity index (χ1) is 22.2. The number of amides is 4. The van der Waals surface area contributed by atoms with Crippen molar-refractivity contribution in [1.29, 1.82) is 0 Å². The second-order valence-electron chi connectivity index (χ2n) is 10.5. The summed E-state index contributed by atoms with van der Waals surface area (Å²) in [5.74, 6) is 0.723. The fourth-order valence-corrected chi connectivity index (χ4v) is 7.49. The Labute approximate surface area is 288 Å². The number of thiocarbonyl (C=S) groups is 2. The molecule has 2 fully saturated rings. The minimum Gasteiger partial charge on any atom is -0.497 e. The third-order valence-electron chi connectivity index (χ3n) is 7.22. The van der Waals surface area contributed by atoms with Crippen molar-refractivity contribution < 1.29 is 28.7 Å². The van der Waals surface area contributed by atoms with E-state index in [1.165, 1.54) is 9.80 Å². The maximum absolute atomic E-state index is 13.2. The largest absolute Gasteiger partial charge is 0.497 e. The number of anilines is 2. The summed E-state index contributed by atoms with van der Waals surface area (Å²) in [6.45, 7) is 0.835. The van der Waals surface area contributed by atoms with Crippen molar-refractivity contribution in [1.82, 2.24) is 9.80 Å². The van der Waals surface area contributed by atoms with Crippen molar-refractivity contribution >= 4 is 91.6 Å². The van der Waals surface area contributed by atoms with E-state index in [9.17, 15) is 19.2 Å². The zero-order valence-electron chi connectivity index (χ0n) is 25.7. The Morgan fingerprint density at radius 1 is 0.630 bits per heavy atom. The number of nitrogens with zero attached hydrogens (tertiary/aromatic N) is 2. The Morgan fingerprint density at radius 3 is 1.35 bits per heavy atom. The van der Waals surface area contributed by atoms with Gasteiger partial charge in [0.2, 0.25) is 11.8 Å². The molecule has 244 valence electrons. The van der Waals surface area contributed by atoms with Gasteiger partial charge in [-0.3, -0.25) is 29.0 Å². The van der Waals surface area contributed by atoms with Gasteiger partial charge in [-0.05, 0) is 74.2 Å². The number of carbonyl (C=O) groups excluding carboxylic acids is 4. The van der Waals surface area contributed by atoms with Crippen molar-refractivity contribution in [2.45, 2.75) is 51.4 Å². The molecule has 46 heavy (non-hydrogen) atoms. The number of rotatable bonds is 16. The van der Waals surface area contributed by atoms with E-state index in [2.05, 4.69) is 10.6 Å². The Morgan fingerprint density at radius 2 is 1.00 bits per heavy atom. The van der Waals surface area contributed by atoms with Gasteiger partial charge in [-0.1, -0.05) is 60.8 Å². The summed E-state index contributed by atoms with van der Waals surface area (Å²) in [6, 6.07) is 14.3. The minimum absolute atomic E-state index is 0.0759. The lowest BCUT2D eigenvalue weighted by atomic mass is 10.1. The Balaban J connectivity index is 1.16. The lowest BCUT2D eigenvalue weighted by molar-refractivity contribution is -0.124. The van der Waals surface area contributed by atoms with Crippen LogP contribution in [0.5, 0.6) is 11.5 Å². The quantitative estimate of drug-likeness (QED) is 0.117. The van der Waals surface area contributed by atoms with Gasteiger partial charge < -0.3 is 20.1 Å². The van der Waals surface area contributed by atoms with Gasteiger partial charge in [-0.15, -0.1) is 0 Å². The van der Waals surface area contributed by atoms with E-state index in [0.717, 1.165) is 47.9 Å². The molecule has 0 spiro atoms. The summed E-state index contributed by atoms with van der Waals surface area (Å²) >= 11 is 13.2. The summed E-state index contributed by atoms with van der Waals surface area (Å²) in [4.78, 5) is 54.7. The average molecular weight is 701 g/mol. The fraction of sp³-hybridized carbons (Fsp3) is 0.375. The van der Waals surface area contributed by atoms with E-state index < -0.39 is 0 Å². The summed E-state index contributed by atoms with van der Waals surface area (Å²) in [7, 11) is 3.18. The van der Waals surface area contributed by atoms with Gasteiger partial charge in [0.1, 0.15) is 20.1 Å². The van der Waals surface area contributed by atoms with Crippen LogP contribution in [0.25, 0.3) is 0 Å². The molecule has 4 rings (SSSR count). The van der Waals surface area contributed by atoms with Gasteiger partial charge in [0, 0.05) is 37.3 Å². The molecule has 2 aromatic carbocycles. The second-order valence-corrected chi connectivity index (χ2v) is 13.8. The predicted octanol–water partition coefficient (Wildman–Crippen LogP) is 6.33. The number of benzene rings is 2. The number of methoxy groups -OCH3 is 2. The van der Waals surface area contributed by atoms with E-state index in [1.807, 2.05) is 0 Å². The molecule has 2 aliphatic rings. The van der Waals surface area contributed by atoms with E-state index in [4.69, 9.17) is 33.9 Å². The van der Waals surface area contributed by atoms with Crippen LogP contribution in [0.3, 0.4) is 0 Å².